The van der Waals surface area contributed by atoms with Gasteiger partial charge in [0.05, 0.1) is 0 Å². The molecule has 2 rings (SSSR count). The monoisotopic (exact) mass is 153 g/mol. The molecule has 2 saturated carbocycles. The van der Waals surface area contributed by atoms with Crippen LogP contribution >= 0.6 is 0 Å². The van der Waals surface area contributed by atoms with E-state index in [2.05, 4.69) is 6.92 Å². The molecule has 0 bridgehead atoms. The third-order valence-electron chi connectivity index (χ3n) is 3.80. The summed E-state index contributed by atoms with van der Waals surface area (Å²) in [5, 5.41) is 0. The number of nitrogens with two attached hydrogens (primary N) is 1. The Morgan fingerprint density at radius 3 is 2.36 bits per heavy atom. The van der Waals surface area contributed by atoms with Crippen LogP contribution in [0.15, 0.2) is 0 Å². The Kier molecular flexibility index (Phi) is 1.92. The van der Waals surface area contributed by atoms with Gasteiger partial charge in [-0.2, -0.15) is 0 Å². The minimum atomic E-state index is 0.537. The molecule has 2 aliphatic rings. The Morgan fingerprint density at radius 1 is 1.09 bits per heavy atom. The summed E-state index contributed by atoms with van der Waals surface area (Å²) in [7, 11) is 0. The van der Waals surface area contributed by atoms with Crippen LogP contribution in [-0.4, -0.2) is 6.04 Å². The van der Waals surface area contributed by atoms with Crippen LogP contribution in [0.5, 0.6) is 0 Å². The molecular weight excluding hydrogens is 134 g/mol. The van der Waals surface area contributed by atoms with E-state index < -0.39 is 0 Å². The van der Waals surface area contributed by atoms with Crippen LogP contribution in [0.2, 0.25) is 0 Å². The van der Waals surface area contributed by atoms with Gasteiger partial charge in [-0.3, -0.25) is 0 Å². The molecule has 0 aromatic heterocycles. The number of hydrogen-bond donors (Lipinski definition) is 1. The molecule has 1 heteroatoms. The molecule has 0 aromatic rings. The Morgan fingerprint density at radius 2 is 1.73 bits per heavy atom. The van der Waals surface area contributed by atoms with Gasteiger partial charge in [0.2, 0.25) is 0 Å². The van der Waals surface area contributed by atoms with Crippen molar-refractivity contribution in [1.82, 2.24) is 0 Å². The fraction of sp³-hybridized carbons (Fsp3) is 1.00. The van der Waals surface area contributed by atoms with Crippen molar-refractivity contribution in [3.63, 3.8) is 0 Å². The largest absolute Gasteiger partial charge is 0.327 e. The zero-order valence-corrected chi connectivity index (χ0v) is 7.42. The summed E-state index contributed by atoms with van der Waals surface area (Å²) >= 11 is 0. The first-order valence-electron chi connectivity index (χ1n) is 5.04. The molecule has 0 amide bonds. The van der Waals surface area contributed by atoms with E-state index in [1.807, 2.05) is 0 Å². The summed E-state index contributed by atoms with van der Waals surface area (Å²) in [5.41, 5.74) is 6.08. The maximum atomic E-state index is 6.08. The fourth-order valence-electron chi connectivity index (χ4n) is 3.21. The normalized spacial score (nSPS) is 50.7. The van der Waals surface area contributed by atoms with Crippen LogP contribution in [-0.2, 0) is 0 Å². The van der Waals surface area contributed by atoms with Gasteiger partial charge >= 0.3 is 0 Å². The quantitative estimate of drug-likeness (QED) is 0.567. The van der Waals surface area contributed by atoms with Crippen LogP contribution in [0.25, 0.3) is 0 Å². The van der Waals surface area contributed by atoms with E-state index in [9.17, 15) is 0 Å². The van der Waals surface area contributed by atoms with Gasteiger partial charge in [0, 0.05) is 6.04 Å². The average Bonchev–Trinajstić information content (AvgIpc) is 2.30. The summed E-state index contributed by atoms with van der Waals surface area (Å²) in [4.78, 5) is 0. The highest BCUT2D eigenvalue weighted by Crippen LogP contribution is 2.44. The van der Waals surface area contributed by atoms with Gasteiger partial charge in [-0.1, -0.05) is 19.8 Å². The summed E-state index contributed by atoms with van der Waals surface area (Å²) in [5.74, 6) is 2.78. The van der Waals surface area contributed by atoms with Crippen molar-refractivity contribution in [2.45, 2.75) is 45.1 Å². The Balaban J connectivity index is 2.07. The second-order valence-corrected chi connectivity index (χ2v) is 4.49. The van der Waals surface area contributed by atoms with Crippen molar-refractivity contribution in [1.29, 1.82) is 0 Å². The maximum absolute atomic E-state index is 6.08. The fourth-order valence-corrected chi connectivity index (χ4v) is 3.21. The lowest BCUT2D eigenvalue weighted by atomic mass is 9.78. The number of fused-ring (bicyclic) bond motifs is 1. The Bertz CT molecular complexity index is 128. The molecule has 1 nitrogen and oxygen atoms in total. The van der Waals surface area contributed by atoms with Gasteiger partial charge in [-0.05, 0) is 37.0 Å². The van der Waals surface area contributed by atoms with Gasteiger partial charge in [-0.25, -0.2) is 0 Å². The van der Waals surface area contributed by atoms with E-state index in [4.69, 9.17) is 5.73 Å². The lowest BCUT2D eigenvalue weighted by Gasteiger charge is -2.29. The van der Waals surface area contributed by atoms with Crippen LogP contribution in [0.1, 0.15) is 39.0 Å². The standard InChI is InChI=1S/C10H19N/c1-7-6-10(11)9-5-3-2-4-8(7)9/h7-10H,2-6,11H2,1H3. The molecule has 0 saturated heterocycles. The van der Waals surface area contributed by atoms with Gasteiger partial charge < -0.3 is 5.73 Å². The minimum Gasteiger partial charge on any atom is -0.327 e. The van der Waals surface area contributed by atoms with E-state index in [1.54, 1.807) is 0 Å². The topological polar surface area (TPSA) is 26.0 Å². The van der Waals surface area contributed by atoms with Crippen molar-refractivity contribution in [2.75, 3.05) is 0 Å². The van der Waals surface area contributed by atoms with Crippen molar-refractivity contribution >= 4 is 0 Å². The number of hydrogen-bond acceptors (Lipinski definition) is 1. The van der Waals surface area contributed by atoms with Gasteiger partial charge in [0.1, 0.15) is 0 Å². The Hall–Kier alpha value is -0.0400. The molecule has 11 heavy (non-hydrogen) atoms. The molecule has 0 aliphatic heterocycles. The lowest BCUT2D eigenvalue weighted by Crippen LogP contribution is -2.29. The van der Waals surface area contributed by atoms with Crippen LogP contribution in [0.4, 0.5) is 0 Å². The molecule has 2 fully saturated rings. The van der Waals surface area contributed by atoms with Crippen molar-refractivity contribution in [3.8, 4) is 0 Å². The molecule has 2 aliphatic carbocycles. The van der Waals surface area contributed by atoms with E-state index >= 15 is 0 Å². The van der Waals surface area contributed by atoms with Crippen molar-refractivity contribution in [3.05, 3.63) is 0 Å². The second kappa shape index (κ2) is 2.78. The minimum absolute atomic E-state index is 0.537. The average molecular weight is 153 g/mol. The molecule has 64 valence electrons. The predicted octanol–water partition coefficient (Wildman–Crippen LogP) is 2.16. The van der Waals surface area contributed by atoms with E-state index in [0.29, 0.717) is 6.04 Å². The summed E-state index contributed by atoms with van der Waals surface area (Å²) < 4.78 is 0. The van der Waals surface area contributed by atoms with E-state index in [1.165, 1.54) is 32.1 Å². The first kappa shape index (κ1) is 7.60. The predicted molar refractivity (Wildman–Crippen MR) is 47.2 cm³/mol. The van der Waals surface area contributed by atoms with E-state index in [-0.39, 0.29) is 0 Å². The second-order valence-electron chi connectivity index (χ2n) is 4.49. The highest BCUT2D eigenvalue weighted by Gasteiger charge is 2.39. The third-order valence-corrected chi connectivity index (χ3v) is 3.80. The SMILES string of the molecule is CC1CC(N)C2CCCCC12. The highest BCUT2D eigenvalue weighted by molar-refractivity contribution is 4.93. The highest BCUT2D eigenvalue weighted by atomic mass is 14.7. The zero-order chi connectivity index (χ0) is 7.84. The molecule has 4 unspecified atom stereocenters. The molecule has 0 aromatic carbocycles. The summed E-state index contributed by atoms with van der Waals surface area (Å²) in [6, 6.07) is 0.537. The van der Waals surface area contributed by atoms with Gasteiger partial charge in [0.25, 0.3) is 0 Å². The smallest absolute Gasteiger partial charge is 0.00725 e. The first-order valence-corrected chi connectivity index (χ1v) is 5.04. The third kappa shape index (κ3) is 1.20. The van der Waals surface area contributed by atoms with Crippen molar-refractivity contribution in [2.24, 2.45) is 23.5 Å². The van der Waals surface area contributed by atoms with Crippen molar-refractivity contribution < 1.29 is 0 Å². The van der Waals surface area contributed by atoms with Gasteiger partial charge in [-0.15, -0.1) is 0 Å². The summed E-state index contributed by atoms with van der Waals surface area (Å²) in [6.45, 7) is 2.38. The molecule has 2 N–H and O–H groups in total. The molecule has 4 atom stereocenters. The zero-order valence-electron chi connectivity index (χ0n) is 7.42. The number of rotatable bonds is 0. The van der Waals surface area contributed by atoms with Crippen LogP contribution < -0.4 is 5.73 Å². The van der Waals surface area contributed by atoms with Crippen LogP contribution in [0, 0.1) is 17.8 Å². The van der Waals surface area contributed by atoms with Gasteiger partial charge in [0.15, 0.2) is 0 Å². The Labute approximate surface area is 69.4 Å². The van der Waals surface area contributed by atoms with Crippen LogP contribution in [0.3, 0.4) is 0 Å². The maximum Gasteiger partial charge on any atom is 0.00725 e. The molecule has 0 heterocycles. The van der Waals surface area contributed by atoms with E-state index in [0.717, 1.165) is 17.8 Å². The summed E-state index contributed by atoms with van der Waals surface area (Å²) in [6.07, 6.45) is 7.05. The lowest BCUT2D eigenvalue weighted by molar-refractivity contribution is 0.228. The molecule has 0 radical (unpaired) electrons. The molecule has 0 spiro atoms. The molecular formula is C10H19N. The first-order chi connectivity index (χ1) is 5.29.